The number of carbonyl (C=O) groups is 3. The number of carbonyl (C=O) groups excluding carboxylic acids is 3. The van der Waals surface area contributed by atoms with E-state index in [2.05, 4.69) is 22.9 Å². The molecule has 3 aromatic rings. The number of nitrogens with two attached hydrogens (primary N) is 2. The summed E-state index contributed by atoms with van der Waals surface area (Å²) in [7, 11) is 0. The van der Waals surface area contributed by atoms with Gasteiger partial charge in [-0.15, -0.1) is 0 Å². The number of anilines is 1. The zero-order valence-electron chi connectivity index (χ0n) is 23.5. The second kappa shape index (κ2) is 11.9. The zero-order chi connectivity index (χ0) is 30.0. The molecule has 0 spiro atoms. The summed E-state index contributed by atoms with van der Waals surface area (Å²) in [6.45, 7) is 6.40. The molecule has 2 unspecified atom stereocenters. The largest absolute Gasteiger partial charge is 0.364 e. The molecule has 5 N–H and O–H groups in total. The summed E-state index contributed by atoms with van der Waals surface area (Å²) in [5, 5.41) is 12.3. The predicted molar refractivity (Wildman–Crippen MR) is 157 cm³/mol. The van der Waals surface area contributed by atoms with Gasteiger partial charge in [-0.1, -0.05) is 37.6 Å². The van der Waals surface area contributed by atoms with Crippen LogP contribution in [-0.2, 0) is 4.79 Å². The molecule has 3 amide bonds. The van der Waals surface area contributed by atoms with Gasteiger partial charge in [0.1, 0.15) is 11.5 Å². The number of rotatable bonds is 10. The first-order valence-corrected chi connectivity index (χ1v) is 14.1. The standard InChI is InChI=1S/C31H34N8O3/c1-18-5-12-25(35-17-18)36-30(41)23-10-8-22(9-11-23)26-27(28(33)40)39(34)29(37-26)24-4-3-13-38(24)31(42)19(2)14-21(16-32)15-20-6-7-20/h5,8-12,17,20-21,24H,2-4,6-7,13-15,34H2,1H3,(H2,33,40)(H,35,36,41). The van der Waals surface area contributed by atoms with E-state index in [0.717, 1.165) is 35.9 Å². The van der Waals surface area contributed by atoms with Gasteiger partial charge in [-0.2, -0.15) is 5.26 Å². The summed E-state index contributed by atoms with van der Waals surface area (Å²) in [5.74, 6) is 6.13. The van der Waals surface area contributed by atoms with Gasteiger partial charge < -0.3 is 21.8 Å². The Morgan fingerprint density at radius 2 is 1.90 bits per heavy atom. The second-order valence-electron chi connectivity index (χ2n) is 11.1. The summed E-state index contributed by atoms with van der Waals surface area (Å²) in [5.41, 5.74) is 8.27. The number of aryl methyl sites for hydroxylation is 1. The van der Waals surface area contributed by atoms with Gasteiger partial charge in [0.05, 0.1) is 18.0 Å². The third kappa shape index (κ3) is 6.02. The van der Waals surface area contributed by atoms with E-state index >= 15 is 0 Å². The van der Waals surface area contributed by atoms with E-state index < -0.39 is 11.9 Å². The molecule has 0 bridgehead atoms. The van der Waals surface area contributed by atoms with Crippen molar-refractivity contribution in [3.8, 4) is 17.3 Å². The van der Waals surface area contributed by atoms with E-state index in [1.807, 2.05) is 13.0 Å². The van der Waals surface area contributed by atoms with Crippen LogP contribution in [-0.4, -0.2) is 43.8 Å². The molecule has 3 heterocycles. The van der Waals surface area contributed by atoms with Gasteiger partial charge in [-0.3, -0.25) is 14.4 Å². The van der Waals surface area contributed by atoms with E-state index in [1.54, 1.807) is 41.4 Å². The molecule has 2 fully saturated rings. The van der Waals surface area contributed by atoms with Gasteiger partial charge in [-0.05, 0) is 62.3 Å². The first-order chi connectivity index (χ1) is 20.2. The number of nitriles is 1. The normalized spacial score (nSPS) is 17.0. The van der Waals surface area contributed by atoms with Crippen molar-refractivity contribution in [1.29, 1.82) is 5.26 Å². The smallest absolute Gasteiger partial charge is 0.269 e. The molecular formula is C31H34N8O3. The van der Waals surface area contributed by atoms with Crippen molar-refractivity contribution >= 4 is 23.5 Å². The monoisotopic (exact) mass is 566 g/mol. The first kappa shape index (κ1) is 28.5. The maximum absolute atomic E-state index is 13.4. The fourth-order valence-electron chi connectivity index (χ4n) is 5.44. The van der Waals surface area contributed by atoms with Gasteiger partial charge >= 0.3 is 0 Å². The van der Waals surface area contributed by atoms with E-state index in [-0.39, 0.29) is 29.1 Å². The van der Waals surface area contributed by atoms with Crippen LogP contribution in [0.5, 0.6) is 0 Å². The van der Waals surface area contributed by atoms with Gasteiger partial charge in [-0.25, -0.2) is 14.6 Å². The number of pyridine rings is 1. The van der Waals surface area contributed by atoms with Crippen molar-refractivity contribution in [2.75, 3.05) is 17.7 Å². The minimum atomic E-state index is -0.768. The minimum Gasteiger partial charge on any atom is -0.364 e. The molecular weight excluding hydrogens is 532 g/mol. The van der Waals surface area contributed by atoms with Crippen molar-refractivity contribution in [2.45, 2.75) is 51.5 Å². The number of nitrogen functional groups attached to an aromatic ring is 1. The maximum atomic E-state index is 13.4. The van der Waals surface area contributed by atoms with Crippen LogP contribution >= 0.6 is 0 Å². The van der Waals surface area contributed by atoms with Crippen molar-refractivity contribution in [3.05, 3.63) is 77.4 Å². The van der Waals surface area contributed by atoms with Crippen LogP contribution in [0.3, 0.4) is 0 Å². The number of primary amides is 1. The fraction of sp³-hybridized carbons (Fsp3) is 0.355. The molecule has 2 atom stereocenters. The average Bonchev–Trinajstić information content (AvgIpc) is 3.54. The van der Waals surface area contributed by atoms with Gasteiger partial charge in [0, 0.05) is 29.4 Å². The van der Waals surface area contributed by atoms with E-state index in [9.17, 15) is 19.6 Å². The van der Waals surface area contributed by atoms with Gasteiger partial charge in [0.2, 0.25) is 5.91 Å². The summed E-state index contributed by atoms with van der Waals surface area (Å²) < 4.78 is 1.16. The number of aromatic nitrogens is 3. The van der Waals surface area contributed by atoms with Crippen LogP contribution in [0.1, 0.15) is 76.8 Å². The molecule has 1 saturated heterocycles. The highest BCUT2D eigenvalue weighted by molar-refractivity contribution is 6.04. The van der Waals surface area contributed by atoms with Crippen molar-refractivity contribution in [3.63, 3.8) is 0 Å². The molecule has 216 valence electrons. The lowest BCUT2D eigenvalue weighted by molar-refractivity contribution is -0.128. The van der Waals surface area contributed by atoms with E-state index in [0.29, 0.717) is 53.6 Å². The molecule has 2 aliphatic rings. The van der Waals surface area contributed by atoms with Crippen LogP contribution in [0.15, 0.2) is 54.7 Å². The quantitative estimate of drug-likeness (QED) is 0.247. The number of benzene rings is 1. The summed E-state index contributed by atoms with van der Waals surface area (Å²) in [6, 6.07) is 12.0. The number of hydrogen-bond donors (Lipinski definition) is 3. The lowest BCUT2D eigenvalue weighted by Gasteiger charge is -2.25. The minimum absolute atomic E-state index is 0.00170. The molecule has 11 heteroatoms. The van der Waals surface area contributed by atoms with Crippen LogP contribution in [0.25, 0.3) is 11.3 Å². The fourth-order valence-corrected chi connectivity index (χ4v) is 5.44. The molecule has 1 aliphatic carbocycles. The molecule has 1 saturated carbocycles. The van der Waals surface area contributed by atoms with Crippen LogP contribution in [0.2, 0.25) is 0 Å². The molecule has 2 aromatic heterocycles. The molecule has 5 rings (SSSR count). The van der Waals surface area contributed by atoms with Crippen molar-refractivity contribution in [1.82, 2.24) is 19.5 Å². The number of amides is 3. The first-order valence-electron chi connectivity index (χ1n) is 14.1. The van der Waals surface area contributed by atoms with Gasteiger partial charge in [0.25, 0.3) is 11.8 Å². The number of nitrogens with zero attached hydrogens (tertiary/aromatic N) is 5. The van der Waals surface area contributed by atoms with Crippen LogP contribution < -0.4 is 16.9 Å². The SMILES string of the molecule is C=C(CC(C#N)CC1CC1)C(=O)N1CCCC1c1nc(-c2ccc(C(=O)Nc3ccc(C)cn3)cc2)c(C(N)=O)n1N. The van der Waals surface area contributed by atoms with E-state index in [1.165, 1.54) is 0 Å². The lowest BCUT2D eigenvalue weighted by atomic mass is 9.95. The van der Waals surface area contributed by atoms with Crippen molar-refractivity contribution < 1.29 is 14.4 Å². The zero-order valence-corrected chi connectivity index (χ0v) is 23.5. The highest BCUT2D eigenvalue weighted by Gasteiger charge is 2.37. The van der Waals surface area contributed by atoms with Crippen LogP contribution in [0, 0.1) is 30.1 Å². The van der Waals surface area contributed by atoms with Crippen molar-refractivity contribution in [2.24, 2.45) is 17.6 Å². The predicted octanol–water partition coefficient (Wildman–Crippen LogP) is 3.87. The number of likely N-dealkylation sites (tertiary alicyclic amines) is 1. The second-order valence-corrected chi connectivity index (χ2v) is 11.1. The molecule has 1 aliphatic heterocycles. The Kier molecular flexibility index (Phi) is 8.06. The Balaban J connectivity index is 1.36. The summed E-state index contributed by atoms with van der Waals surface area (Å²) in [4.78, 5) is 49.2. The number of nitrogens with one attached hydrogen (secondary N) is 1. The highest BCUT2D eigenvalue weighted by Crippen LogP contribution is 2.38. The Labute approximate surface area is 244 Å². The number of hydrogen-bond acceptors (Lipinski definition) is 7. The lowest BCUT2D eigenvalue weighted by Crippen LogP contribution is -2.35. The third-order valence-electron chi connectivity index (χ3n) is 7.85. The van der Waals surface area contributed by atoms with E-state index in [4.69, 9.17) is 16.6 Å². The molecule has 0 radical (unpaired) electrons. The Bertz CT molecular complexity index is 1570. The summed E-state index contributed by atoms with van der Waals surface area (Å²) in [6.07, 6.45) is 6.37. The molecule has 42 heavy (non-hydrogen) atoms. The molecule has 11 nitrogen and oxygen atoms in total. The molecule has 1 aromatic carbocycles. The Morgan fingerprint density at radius 1 is 1.17 bits per heavy atom. The number of imidazole rings is 1. The highest BCUT2D eigenvalue weighted by atomic mass is 16.2. The maximum Gasteiger partial charge on any atom is 0.269 e. The van der Waals surface area contributed by atoms with Gasteiger partial charge in [0.15, 0.2) is 11.5 Å². The summed E-state index contributed by atoms with van der Waals surface area (Å²) >= 11 is 0. The Morgan fingerprint density at radius 3 is 2.52 bits per heavy atom. The van der Waals surface area contributed by atoms with Crippen LogP contribution in [0.4, 0.5) is 5.82 Å². The average molecular weight is 567 g/mol. The topological polar surface area (TPSA) is 173 Å². The Hall–Kier alpha value is -4.98. The third-order valence-corrected chi connectivity index (χ3v) is 7.85.